The Balaban J connectivity index is 1.25. The third-order valence-corrected chi connectivity index (χ3v) is 6.90. The lowest BCUT2D eigenvalue weighted by atomic mass is 9.81. The van der Waals surface area contributed by atoms with Crippen molar-refractivity contribution in [1.82, 2.24) is 4.90 Å². The van der Waals surface area contributed by atoms with Gasteiger partial charge in [-0.05, 0) is 30.5 Å². The minimum atomic E-state index is -0.553. The average Bonchev–Trinajstić information content (AvgIpc) is 3.32. The van der Waals surface area contributed by atoms with Crippen LogP contribution in [-0.2, 0) is 25.7 Å². The Bertz CT molecular complexity index is 1070. The lowest BCUT2D eigenvalue weighted by Gasteiger charge is -2.19. The van der Waals surface area contributed by atoms with Crippen LogP contribution in [0.2, 0.25) is 0 Å². The molecule has 3 aliphatic rings. The second kappa shape index (κ2) is 8.81. The number of esters is 1. The minimum absolute atomic E-state index is 0.0783. The zero-order valence-corrected chi connectivity index (χ0v) is 18.3. The number of fused-ring (bicyclic) bond motifs is 1. The van der Waals surface area contributed by atoms with Crippen LogP contribution in [0.15, 0.2) is 54.6 Å². The number of carbonyl (C=O) groups excluding carboxylic acids is 4. The Morgan fingerprint density at radius 3 is 2.30 bits per heavy atom. The number of rotatable bonds is 5. The number of anilines is 1. The fraction of sp³-hybridized carbons (Fsp3) is 0.385. The van der Waals surface area contributed by atoms with Crippen LogP contribution in [-0.4, -0.2) is 35.1 Å². The number of amides is 3. The van der Waals surface area contributed by atoms with E-state index in [0.29, 0.717) is 18.8 Å². The lowest BCUT2D eigenvalue weighted by Crippen LogP contribution is -2.31. The number of likely N-dealkylation sites (tertiary alicyclic amines) is 1. The van der Waals surface area contributed by atoms with Crippen molar-refractivity contribution in [2.45, 2.75) is 38.6 Å². The van der Waals surface area contributed by atoms with Crippen molar-refractivity contribution in [1.29, 1.82) is 0 Å². The van der Waals surface area contributed by atoms with E-state index in [1.807, 2.05) is 30.3 Å². The molecule has 0 aromatic heterocycles. The predicted octanol–water partition coefficient (Wildman–Crippen LogP) is 3.32. The molecule has 0 spiro atoms. The van der Waals surface area contributed by atoms with Crippen LogP contribution in [0.5, 0.6) is 5.75 Å². The molecule has 2 heterocycles. The van der Waals surface area contributed by atoms with Gasteiger partial charge in [0.25, 0.3) is 0 Å². The van der Waals surface area contributed by atoms with Gasteiger partial charge in [0.05, 0.1) is 23.4 Å². The maximum absolute atomic E-state index is 12.9. The van der Waals surface area contributed by atoms with E-state index >= 15 is 0 Å². The van der Waals surface area contributed by atoms with Gasteiger partial charge in [-0.25, -0.2) is 4.90 Å². The van der Waals surface area contributed by atoms with Crippen LogP contribution in [0.3, 0.4) is 0 Å². The van der Waals surface area contributed by atoms with E-state index in [2.05, 4.69) is 0 Å². The summed E-state index contributed by atoms with van der Waals surface area (Å²) in [6, 6.07) is 16.2. The van der Waals surface area contributed by atoms with Crippen molar-refractivity contribution in [3.8, 4) is 5.75 Å². The third kappa shape index (κ3) is 4.15. The van der Waals surface area contributed by atoms with Crippen molar-refractivity contribution < 1.29 is 23.9 Å². The highest BCUT2D eigenvalue weighted by Gasteiger charge is 2.48. The summed E-state index contributed by atoms with van der Waals surface area (Å²) >= 11 is 0. The molecule has 3 amide bonds. The summed E-state index contributed by atoms with van der Waals surface area (Å²) < 4.78 is 5.57. The second-order valence-electron chi connectivity index (χ2n) is 9.09. The van der Waals surface area contributed by atoms with Crippen LogP contribution in [0, 0.1) is 17.8 Å². The summed E-state index contributed by atoms with van der Waals surface area (Å²) in [7, 11) is 0. The van der Waals surface area contributed by atoms with Gasteiger partial charge in [-0.15, -0.1) is 0 Å². The molecular formula is C26H26N2O5. The van der Waals surface area contributed by atoms with Crippen molar-refractivity contribution in [3.05, 3.63) is 60.2 Å². The minimum Gasteiger partial charge on any atom is -0.426 e. The van der Waals surface area contributed by atoms with Crippen LogP contribution < -0.4 is 9.64 Å². The SMILES string of the molecule is O=C(Oc1cccc(N2C(=O)[C@@H]3CCCC[C@H]3C2=O)c1)[C@H]1CC(=O)N(Cc2ccccc2)C1. The Morgan fingerprint density at radius 2 is 1.61 bits per heavy atom. The van der Waals surface area contributed by atoms with Gasteiger partial charge >= 0.3 is 5.97 Å². The van der Waals surface area contributed by atoms with E-state index in [1.165, 1.54) is 4.90 Å². The summed E-state index contributed by atoms with van der Waals surface area (Å²) in [5.41, 5.74) is 1.44. The fourth-order valence-electron chi connectivity index (χ4n) is 5.19. The molecule has 0 bridgehead atoms. The van der Waals surface area contributed by atoms with Crippen LogP contribution in [0.4, 0.5) is 5.69 Å². The molecule has 1 saturated carbocycles. The van der Waals surface area contributed by atoms with Gasteiger partial charge in [0.15, 0.2) is 0 Å². The standard InChI is InChI=1S/C26H26N2O5/c29-23-13-18(16-27(23)15-17-7-2-1-3-8-17)26(32)33-20-10-6-9-19(14-20)28-24(30)21-11-4-5-12-22(21)25(28)31/h1-3,6-10,14,18,21-22H,4-5,11-13,15-16H2/t18-,21+,22+/m0/s1. The number of imide groups is 1. The summed E-state index contributed by atoms with van der Waals surface area (Å²) in [6.45, 7) is 0.763. The van der Waals surface area contributed by atoms with Crippen molar-refractivity contribution in [2.75, 3.05) is 11.4 Å². The van der Waals surface area contributed by atoms with Gasteiger partial charge in [-0.1, -0.05) is 49.2 Å². The topological polar surface area (TPSA) is 84.0 Å². The molecule has 3 fully saturated rings. The van der Waals surface area contributed by atoms with Gasteiger partial charge in [0.1, 0.15) is 5.75 Å². The van der Waals surface area contributed by atoms with Gasteiger partial charge in [0.2, 0.25) is 17.7 Å². The van der Waals surface area contributed by atoms with Crippen molar-refractivity contribution in [2.24, 2.45) is 17.8 Å². The monoisotopic (exact) mass is 446 g/mol. The summed E-state index contributed by atoms with van der Waals surface area (Å²) in [6.07, 6.45) is 3.53. The second-order valence-corrected chi connectivity index (χ2v) is 9.09. The quantitative estimate of drug-likeness (QED) is 0.400. The molecule has 0 unspecified atom stereocenters. The summed E-state index contributed by atoms with van der Waals surface area (Å²) in [5.74, 6) is -1.65. The largest absolute Gasteiger partial charge is 0.426 e. The third-order valence-electron chi connectivity index (χ3n) is 6.90. The number of benzene rings is 2. The molecule has 7 heteroatoms. The highest BCUT2D eigenvalue weighted by molar-refractivity contribution is 6.22. The molecule has 2 aromatic carbocycles. The van der Waals surface area contributed by atoms with Crippen molar-refractivity contribution in [3.63, 3.8) is 0 Å². The first kappa shape index (κ1) is 21.4. The molecule has 2 aromatic rings. The number of hydrogen-bond donors (Lipinski definition) is 0. The first-order valence-electron chi connectivity index (χ1n) is 11.5. The highest BCUT2D eigenvalue weighted by Crippen LogP contribution is 2.40. The molecule has 7 nitrogen and oxygen atoms in total. The maximum Gasteiger partial charge on any atom is 0.316 e. The summed E-state index contributed by atoms with van der Waals surface area (Å²) in [4.78, 5) is 53.8. The molecule has 170 valence electrons. The normalized spacial score (nSPS) is 24.8. The van der Waals surface area contributed by atoms with E-state index in [4.69, 9.17) is 4.74 Å². The zero-order valence-electron chi connectivity index (χ0n) is 18.3. The Kier molecular flexibility index (Phi) is 5.70. The number of hydrogen-bond acceptors (Lipinski definition) is 5. The van der Waals surface area contributed by atoms with E-state index < -0.39 is 11.9 Å². The molecule has 5 rings (SSSR count). The summed E-state index contributed by atoms with van der Waals surface area (Å²) in [5, 5.41) is 0. The van der Waals surface area contributed by atoms with Crippen molar-refractivity contribution >= 4 is 29.4 Å². The van der Waals surface area contributed by atoms with Crippen LogP contribution in [0.1, 0.15) is 37.7 Å². The molecule has 1 aliphatic carbocycles. The van der Waals surface area contributed by atoms with Crippen LogP contribution in [0.25, 0.3) is 0 Å². The zero-order chi connectivity index (χ0) is 22.9. The molecule has 0 radical (unpaired) electrons. The Hall–Kier alpha value is -3.48. The predicted molar refractivity (Wildman–Crippen MR) is 120 cm³/mol. The Labute approximate surface area is 192 Å². The molecule has 0 N–H and O–H groups in total. The number of carbonyl (C=O) groups is 4. The van der Waals surface area contributed by atoms with E-state index in [-0.39, 0.29) is 41.7 Å². The maximum atomic E-state index is 12.9. The molecule has 2 aliphatic heterocycles. The van der Waals surface area contributed by atoms with E-state index in [0.717, 1.165) is 31.2 Å². The average molecular weight is 447 g/mol. The van der Waals surface area contributed by atoms with Gasteiger partial charge in [0, 0.05) is 25.6 Å². The first-order chi connectivity index (χ1) is 16.0. The smallest absolute Gasteiger partial charge is 0.316 e. The first-order valence-corrected chi connectivity index (χ1v) is 11.5. The molecular weight excluding hydrogens is 420 g/mol. The van der Waals surface area contributed by atoms with Gasteiger partial charge in [-0.3, -0.25) is 19.2 Å². The number of nitrogens with zero attached hydrogens (tertiary/aromatic N) is 2. The Morgan fingerprint density at radius 1 is 0.909 bits per heavy atom. The molecule has 33 heavy (non-hydrogen) atoms. The van der Waals surface area contributed by atoms with Gasteiger partial charge < -0.3 is 9.64 Å². The van der Waals surface area contributed by atoms with E-state index in [1.54, 1.807) is 29.2 Å². The fourth-order valence-corrected chi connectivity index (χ4v) is 5.19. The van der Waals surface area contributed by atoms with E-state index in [9.17, 15) is 19.2 Å². The highest BCUT2D eigenvalue weighted by atomic mass is 16.5. The molecule has 2 saturated heterocycles. The van der Waals surface area contributed by atoms with Crippen LogP contribution >= 0.6 is 0 Å². The molecule has 3 atom stereocenters. The number of ether oxygens (including phenoxy) is 1. The lowest BCUT2D eigenvalue weighted by molar-refractivity contribution is -0.139. The van der Waals surface area contributed by atoms with Gasteiger partial charge in [-0.2, -0.15) is 0 Å².